The van der Waals surface area contributed by atoms with Crippen LogP contribution in [0.5, 0.6) is 0 Å². The number of carbonyl (C=O) groups excluding carboxylic acids is 1. The Kier molecular flexibility index (Phi) is 9.40. The lowest BCUT2D eigenvalue weighted by Crippen LogP contribution is -2.33. The van der Waals surface area contributed by atoms with Gasteiger partial charge in [-0.05, 0) is 34.7 Å². The van der Waals surface area contributed by atoms with E-state index in [-0.39, 0.29) is 24.6 Å². The molecule has 0 fully saturated rings. The number of carbonyl (C=O) groups is 2. The van der Waals surface area contributed by atoms with Crippen LogP contribution < -0.4 is 5.73 Å². The Morgan fingerprint density at radius 3 is 2.56 bits per heavy atom. The molecule has 2 heterocycles. The molecule has 39 heavy (non-hydrogen) atoms. The second-order valence-electron chi connectivity index (χ2n) is 9.08. The number of unbranched alkanes of at least 4 members (excludes halogenated alkanes) is 1. The minimum absolute atomic E-state index is 0.00882. The number of esters is 1. The van der Waals surface area contributed by atoms with E-state index in [1.807, 2.05) is 53.1 Å². The highest BCUT2D eigenvalue weighted by Crippen LogP contribution is 2.30. The number of aromatic nitrogens is 6. The minimum Gasteiger partial charge on any atom is -0.481 e. The fraction of sp³-hybridized carbons (Fsp3) is 0.333. The maximum absolute atomic E-state index is 12.3. The molecule has 0 aliphatic heterocycles. The monoisotopic (exact) mass is 551 g/mol. The molecule has 0 saturated carbocycles. The molecule has 12 heteroatoms. The molecule has 0 bridgehead atoms. The smallest absolute Gasteiger partial charge is 0.323 e. The van der Waals surface area contributed by atoms with Crippen molar-refractivity contribution < 1.29 is 19.4 Å². The maximum Gasteiger partial charge on any atom is 0.323 e. The first-order valence-electron chi connectivity index (χ1n) is 12.7. The summed E-state index contributed by atoms with van der Waals surface area (Å²) < 4.78 is 7.37. The van der Waals surface area contributed by atoms with E-state index < -0.39 is 18.0 Å². The Balaban J connectivity index is 1.54. The summed E-state index contributed by atoms with van der Waals surface area (Å²) in [5.74, 6) is -0.385. The molecule has 4 rings (SSSR count). The van der Waals surface area contributed by atoms with E-state index in [9.17, 15) is 9.59 Å². The largest absolute Gasteiger partial charge is 0.481 e. The van der Waals surface area contributed by atoms with Crippen LogP contribution in [0, 0.1) is 0 Å². The number of aromatic amines is 1. The molecule has 11 nitrogen and oxygen atoms in total. The second kappa shape index (κ2) is 13.1. The molecule has 0 radical (unpaired) electrons. The minimum atomic E-state index is -1.03. The van der Waals surface area contributed by atoms with Crippen molar-refractivity contribution >= 4 is 23.5 Å². The number of aliphatic carboxylic acids is 1. The number of imidazole rings is 1. The van der Waals surface area contributed by atoms with Crippen LogP contribution in [0.15, 0.2) is 48.5 Å². The SMILES string of the molecule is CCCCc1nc(Cl)c(COC(=O)C(N)CCC(=O)O)n1Cc1ccc(-c2ccccc2-c2nn[nH]n2)cc1. The van der Waals surface area contributed by atoms with E-state index in [0.717, 1.165) is 47.3 Å². The van der Waals surface area contributed by atoms with Crippen molar-refractivity contribution in [1.82, 2.24) is 30.2 Å². The molecule has 0 spiro atoms. The van der Waals surface area contributed by atoms with Crippen molar-refractivity contribution in [2.45, 2.75) is 58.2 Å². The number of H-pyrrole nitrogens is 1. The maximum atomic E-state index is 12.3. The number of halogens is 1. The standard InChI is InChI=1S/C27H30ClN7O4/c1-2-3-8-23-30-25(28)22(16-39-27(38)21(29)13-14-24(36)37)35(23)15-17-9-11-18(12-10-17)19-6-4-5-7-20(19)26-31-33-34-32-26/h4-7,9-12,21H,2-3,8,13-16,29H2,1H3,(H,36,37)(H,31,32,33,34). The van der Waals surface area contributed by atoms with Gasteiger partial charge in [0.1, 0.15) is 18.5 Å². The molecule has 1 atom stereocenters. The lowest BCUT2D eigenvalue weighted by Gasteiger charge is -2.15. The van der Waals surface area contributed by atoms with Crippen molar-refractivity contribution in [2.24, 2.45) is 5.73 Å². The number of aryl methyl sites for hydroxylation is 1. The van der Waals surface area contributed by atoms with Crippen LogP contribution in [-0.2, 0) is 33.9 Å². The molecular formula is C27H30ClN7O4. The Morgan fingerprint density at radius 1 is 1.15 bits per heavy atom. The number of hydrogen-bond acceptors (Lipinski definition) is 8. The highest BCUT2D eigenvalue weighted by Gasteiger charge is 2.21. The van der Waals surface area contributed by atoms with Gasteiger partial charge < -0.3 is 20.1 Å². The van der Waals surface area contributed by atoms with Crippen LogP contribution in [0.25, 0.3) is 22.5 Å². The van der Waals surface area contributed by atoms with Gasteiger partial charge in [0.05, 0.1) is 5.69 Å². The molecule has 4 aromatic rings. The van der Waals surface area contributed by atoms with E-state index in [1.165, 1.54) is 0 Å². The second-order valence-corrected chi connectivity index (χ2v) is 9.44. The van der Waals surface area contributed by atoms with Gasteiger partial charge in [-0.15, -0.1) is 10.2 Å². The highest BCUT2D eigenvalue weighted by molar-refractivity contribution is 6.30. The zero-order chi connectivity index (χ0) is 27.8. The third-order valence-corrected chi connectivity index (χ3v) is 6.60. The average molecular weight is 552 g/mol. The van der Waals surface area contributed by atoms with E-state index in [4.69, 9.17) is 27.2 Å². The number of nitrogens with zero attached hydrogens (tertiary/aromatic N) is 5. The summed E-state index contributed by atoms with van der Waals surface area (Å²) in [4.78, 5) is 27.7. The van der Waals surface area contributed by atoms with Gasteiger partial charge in [0.2, 0.25) is 5.82 Å². The lowest BCUT2D eigenvalue weighted by atomic mass is 9.98. The molecule has 1 unspecified atom stereocenters. The quantitative estimate of drug-likeness (QED) is 0.208. The van der Waals surface area contributed by atoms with Crippen molar-refractivity contribution in [2.75, 3.05) is 0 Å². The van der Waals surface area contributed by atoms with Crippen LogP contribution in [0.3, 0.4) is 0 Å². The van der Waals surface area contributed by atoms with E-state index in [1.54, 1.807) is 0 Å². The number of ether oxygens (including phenoxy) is 1. The average Bonchev–Trinajstić information content (AvgIpc) is 3.58. The predicted molar refractivity (Wildman–Crippen MR) is 145 cm³/mol. The number of benzene rings is 2. The molecule has 204 valence electrons. The summed E-state index contributed by atoms with van der Waals surface area (Å²) in [6.07, 6.45) is 2.41. The third-order valence-electron chi connectivity index (χ3n) is 6.30. The lowest BCUT2D eigenvalue weighted by molar-refractivity contribution is -0.147. The zero-order valence-electron chi connectivity index (χ0n) is 21.5. The van der Waals surface area contributed by atoms with E-state index in [0.29, 0.717) is 18.1 Å². The topological polar surface area (TPSA) is 162 Å². The summed E-state index contributed by atoms with van der Waals surface area (Å²) in [7, 11) is 0. The normalized spacial score (nSPS) is 11.9. The summed E-state index contributed by atoms with van der Waals surface area (Å²) >= 11 is 6.48. The van der Waals surface area contributed by atoms with Crippen LogP contribution >= 0.6 is 11.6 Å². The number of rotatable bonds is 13. The first-order chi connectivity index (χ1) is 18.9. The van der Waals surface area contributed by atoms with E-state index >= 15 is 0 Å². The first kappa shape index (κ1) is 27.9. The summed E-state index contributed by atoms with van der Waals surface area (Å²) in [6.45, 7) is 2.46. The Bertz CT molecular complexity index is 1400. The van der Waals surface area contributed by atoms with Gasteiger partial charge in [-0.3, -0.25) is 9.59 Å². The number of carboxylic acid groups (broad SMARTS) is 1. The van der Waals surface area contributed by atoms with Crippen molar-refractivity contribution in [3.8, 4) is 22.5 Å². The number of carboxylic acids is 1. The van der Waals surface area contributed by atoms with Gasteiger partial charge in [-0.1, -0.05) is 73.5 Å². The van der Waals surface area contributed by atoms with Gasteiger partial charge >= 0.3 is 11.9 Å². The van der Waals surface area contributed by atoms with Crippen molar-refractivity contribution in [3.05, 3.63) is 70.8 Å². The molecule has 4 N–H and O–H groups in total. The zero-order valence-corrected chi connectivity index (χ0v) is 22.3. The van der Waals surface area contributed by atoms with E-state index in [2.05, 4.69) is 32.5 Å². The van der Waals surface area contributed by atoms with Crippen molar-refractivity contribution in [1.29, 1.82) is 0 Å². The van der Waals surface area contributed by atoms with Gasteiger partial charge in [0.15, 0.2) is 5.15 Å². The number of hydrogen-bond donors (Lipinski definition) is 3. The van der Waals surface area contributed by atoms with Gasteiger partial charge in [0.25, 0.3) is 0 Å². The number of tetrazole rings is 1. The Hall–Kier alpha value is -4.09. The summed E-state index contributed by atoms with van der Waals surface area (Å²) in [5, 5.41) is 23.5. The van der Waals surface area contributed by atoms with Gasteiger partial charge in [0, 0.05) is 24.9 Å². The molecule has 0 saturated heterocycles. The van der Waals surface area contributed by atoms with Gasteiger partial charge in [-0.25, -0.2) is 4.98 Å². The van der Waals surface area contributed by atoms with Crippen LogP contribution in [0.1, 0.15) is 49.7 Å². The molecule has 2 aromatic carbocycles. The fourth-order valence-corrected chi connectivity index (χ4v) is 4.43. The summed E-state index contributed by atoms with van der Waals surface area (Å²) in [6, 6.07) is 14.9. The molecule has 0 aliphatic rings. The van der Waals surface area contributed by atoms with Crippen LogP contribution in [-0.4, -0.2) is 53.3 Å². The number of nitrogens with one attached hydrogen (secondary N) is 1. The van der Waals surface area contributed by atoms with Gasteiger partial charge in [-0.2, -0.15) is 5.21 Å². The van der Waals surface area contributed by atoms with Crippen LogP contribution in [0.2, 0.25) is 5.15 Å². The van der Waals surface area contributed by atoms with Crippen LogP contribution in [0.4, 0.5) is 0 Å². The fourth-order valence-electron chi connectivity index (χ4n) is 4.18. The molecule has 0 aliphatic carbocycles. The number of nitrogens with two attached hydrogens (primary N) is 1. The highest BCUT2D eigenvalue weighted by atomic mass is 35.5. The van der Waals surface area contributed by atoms with Crippen molar-refractivity contribution in [3.63, 3.8) is 0 Å². The Morgan fingerprint density at radius 2 is 1.90 bits per heavy atom. The molecule has 2 aromatic heterocycles. The predicted octanol–water partition coefficient (Wildman–Crippen LogP) is 4.01. The third kappa shape index (κ3) is 7.06. The first-order valence-corrected chi connectivity index (χ1v) is 13.0. The Labute approximate surface area is 230 Å². The summed E-state index contributed by atoms with van der Waals surface area (Å²) in [5.41, 5.74) is 10.2. The molecular weight excluding hydrogens is 522 g/mol. The molecule has 0 amide bonds.